The first-order valence-electron chi connectivity index (χ1n) is 8.27. The molecule has 4 atom stereocenters. The quantitative estimate of drug-likeness (QED) is 0.593. The van der Waals surface area contributed by atoms with Gasteiger partial charge >= 0.3 is 10.8 Å². The average Bonchev–Trinajstić information content (AvgIpc) is 2.45. The molecule has 0 aromatic heterocycles. The number of hydrogen-bond acceptors (Lipinski definition) is 5. The number of carbonyl (C=O) groups is 1. The summed E-state index contributed by atoms with van der Waals surface area (Å²) in [5, 5.41) is -8.05. The Morgan fingerprint density at radius 1 is 1.00 bits per heavy atom. The number of alkyl halides is 5. The third-order valence-electron chi connectivity index (χ3n) is 6.34. The van der Waals surface area contributed by atoms with Crippen molar-refractivity contribution in [2.45, 2.75) is 50.8 Å². The van der Waals surface area contributed by atoms with Gasteiger partial charge in [0.25, 0.3) is 9.84 Å². The van der Waals surface area contributed by atoms with Crippen LogP contribution in [0, 0.1) is 29.1 Å². The van der Waals surface area contributed by atoms with Crippen molar-refractivity contribution >= 4 is 25.5 Å². The van der Waals surface area contributed by atoms with Crippen molar-refractivity contribution in [3.63, 3.8) is 0 Å². The molecule has 0 aliphatic heterocycles. The molecule has 12 heteroatoms. The molecule has 3 aliphatic rings. The largest absolute Gasteiger partial charge is 0.498 e. The molecule has 5 nitrogen and oxygen atoms in total. The van der Waals surface area contributed by atoms with E-state index in [1.807, 2.05) is 13.8 Å². The molecule has 0 N–H and O–H groups in total. The summed E-state index contributed by atoms with van der Waals surface area (Å²) in [4.78, 5) is 11.9. The van der Waals surface area contributed by atoms with E-state index in [-0.39, 0.29) is 23.2 Å². The molecule has 3 rings (SSSR count). The number of carbonyl (C=O) groups excluding carboxylic acids is 1. The Hall–Kier alpha value is -0.780. The first kappa shape index (κ1) is 22.5. The van der Waals surface area contributed by atoms with Crippen LogP contribution in [0.4, 0.5) is 22.0 Å². The number of ketones is 1. The molecule has 158 valence electrons. The molecule has 3 fully saturated rings. The molecule has 3 saturated carbocycles. The van der Waals surface area contributed by atoms with Gasteiger partial charge in [-0.2, -0.15) is 22.0 Å². The number of fused-ring (bicyclic) bond motifs is 2. The Balaban J connectivity index is 2.16. The zero-order valence-corrected chi connectivity index (χ0v) is 16.5. The lowest BCUT2D eigenvalue weighted by molar-refractivity contribution is -0.148. The summed E-state index contributed by atoms with van der Waals surface area (Å²) in [6, 6.07) is 0. The number of rotatable bonds is 6. The molecule has 0 aromatic carbocycles. The Bertz CT molecular complexity index is 829. The van der Waals surface area contributed by atoms with Gasteiger partial charge in [-0.3, -0.25) is 4.79 Å². The van der Waals surface area contributed by atoms with Gasteiger partial charge in [0.1, 0.15) is 0 Å². The van der Waals surface area contributed by atoms with Crippen LogP contribution in [0.3, 0.4) is 0 Å². The average molecular weight is 440 g/mol. The fourth-order valence-corrected chi connectivity index (χ4v) is 7.59. The van der Waals surface area contributed by atoms with E-state index in [1.165, 1.54) is 0 Å². The normalized spacial score (nSPS) is 31.3. The van der Waals surface area contributed by atoms with Crippen molar-refractivity contribution in [2.75, 3.05) is 5.08 Å². The highest BCUT2D eigenvalue weighted by Gasteiger charge is 2.60. The standard InChI is InChI=1S/C15H21F5O5S2/c1-8-9(4-10-6-11(8)13(10,2)3)5-12(21)14(16,17)26(22,23)7-27(24,25)15(18,19)20/h8-11H,4-7H2,1-3H3. The van der Waals surface area contributed by atoms with E-state index in [4.69, 9.17) is 0 Å². The monoisotopic (exact) mass is 440 g/mol. The zero-order chi connectivity index (χ0) is 21.2. The molecular formula is C15H21F5O5S2. The number of sulfone groups is 2. The Morgan fingerprint density at radius 2 is 1.52 bits per heavy atom. The predicted molar refractivity (Wildman–Crippen MR) is 86.0 cm³/mol. The van der Waals surface area contributed by atoms with Crippen LogP contribution < -0.4 is 0 Å². The van der Waals surface area contributed by atoms with Crippen LogP contribution >= 0.6 is 0 Å². The fraction of sp³-hybridized carbons (Fsp3) is 0.933. The molecular weight excluding hydrogens is 419 g/mol. The smallest absolute Gasteiger partial charge is 0.292 e. The SMILES string of the molecule is CC1C(CC(=O)C(F)(F)S(=O)(=O)CS(=O)(=O)C(F)(F)F)CC2CC1C2(C)C. The lowest BCUT2D eigenvalue weighted by atomic mass is 9.43. The molecule has 0 saturated heterocycles. The second kappa shape index (κ2) is 6.36. The van der Waals surface area contributed by atoms with Crippen molar-refractivity contribution in [1.29, 1.82) is 0 Å². The van der Waals surface area contributed by atoms with Gasteiger partial charge in [0.15, 0.2) is 5.08 Å². The van der Waals surface area contributed by atoms with Crippen LogP contribution in [-0.4, -0.2) is 38.5 Å². The molecule has 4 unspecified atom stereocenters. The predicted octanol–water partition coefficient (Wildman–Crippen LogP) is 3.16. The molecule has 0 heterocycles. The Labute approximate surface area is 154 Å². The highest BCUT2D eigenvalue weighted by atomic mass is 32.3. The van der Waals surface area contributed by atoms with Gasteiger partial charge in [-0.1, -0.05) is 20.8 Å². The molecule has 3 aliphatic carbocycles. The maximum atomic E-state index is 14.1. The van der Waals surface area contributed by atoms with E-state index >= 15 is 0 Å². The van der Waals surface area contributed by atoms with Gasteiger partial charge in [-0.05, 0) is 41.9 Å². The fourth-order valence-electron chi connectivity index (χ4n) is 4.40. The first-order chi connectivity index (χ1) is 11.8. The first-order valence-corrected chi connectivity index (χ1v) is 11.6. The van der Waals surface area contributed by atoms with Crippen LogP contribution in [0.2, 0.25) is 0 Å². The molecule has 0 amide bonds. The topological polar surface area (TPSA) is 85.3 Å². The van der Waals surface area contributed by atoms with Gasteiger partial charge in [-0.15, -0.1) is 0 Å². The molecule has 2 bridgehead atoms. The van der Waals surface area contributed by atoms with Crippen LogP contribution in [0.15, 0.2) is 0 Å². The van der Waals surface area contributed by atoms with E-state index in [9.17, 15) is 43.6 Å². The summed E-state index contributed by atoms with van der Waals surface area (Å²) < 4.78 is 110. The van der Waals surface area contributed by atoms with E-state index in [0.717, 1.165) is 6.42 Å². The van der Waals surface area contributed by atoms with Gasteiger partial charge in [0, 0.05) is 6.42 Å². The summed E-state index contributed by atoms with van der Waals surface area (Å²) in [6.45, 7) is 5.84. The molecule has 27 heavy (non-hydrogen) atoms. The maximum Gasteiger partial charge on any atom is 0.498 e. The number of halogens is 5. The van der Waals surface area contributed by atoms with Gasteiger partial charge < -0.3 is 0 Å². The van der Waals surface area contributed by atoms with E-state index in [2.05, 4.69) is 0 Å². The van der Waals surface area contributed by atoms with Crippen molar-refractivity contribution in [3.8, 4) is 0 Å². The summed E-state index contributed by atoms with van der Waals surface area (Å²) in [5.41, 5.74) is -6.02. The van der Waals surface area contributed by atoms with Crippen LogP contribution in [0.1, 0.15) is 40.0 Å². The van der Waals surface area contributed by atoms with E-state index in [0.29, 0.717) is 6.42 Å². The summed E-state index contributed by atoms with van der Waals surface area (Å²) >= 11 is 0. The van der Waals surface area contributed by atoms with Crippen molar-refractivity contribution in [2.24, 2.45) is 29.1 Å². The maximum absolute atomic E-state index is 14.1. The number of hydrogen-bond donors (Lipinski definition) is 0. The lowest BCUT2D eigenvalue weighted by Gasteiger charge is -2.62. The molecule has 0 spiro atoms. The van der Waals surface area contributed by atoms with Crippen LogP contribution in [-0.2, 0) is 24.5 Å². The minimum atomic E-state index is -6.35. The second-order valence-electron chi connectivity index (χ2n) is 8.15. The minimum absolute atomic E-state index is 0.00561. The van der Waals surface area contributed by atoms with Gasteiger partial charge in [-0.25, -0.2) is 16.8 Å². The minimum Gasteiger partial charge on any atom is -0.292 e. The molecule has 0 radical (unpaired) electrons. The summed E-state index contributed by atoms with van der Waals surface area (Å²) in [7, 11) is -12.5. The van der Waals surface area contributed by atoms with Crippen LogP contribution in [0.5, 0.6) is 0 Å². The van der Waals surface area contributed by atoms with Crippen molar-refractivity contribution < 1.29 is 43.6 Å². The highest BCUT2D eigenvalue weighted by molar-refractivity contribution is 8.09. The third-order valence-corrected chi connectivity index (χ3v) is 10.5. The lowest BCUT2D eigenvalue weighted by Crippen LogP contribution is -2.55. The zero-order valence-electron chi connectivity index (χ0n) is 14.9. The Kier molecular flexibility index (Phi) is 5.30. The van der Waals surface area contributed by atoms with E-state index < -0.39 is 53.6 Å². The van der Waals surface area contributed by atoms with Gasteiger partial charge in [0.05, 0.1) is 0 Å². The Morgan fingerprint density at radius 3 is 1.93 bits per heavy atom. The summed E-state index contributed by atoms with van der Waals surface area (Å²) in [5.74, 6) is -2.33. The van der Waals surface area contributed by atoms with Crippen LogP contribution in [0.25, 0.3) is 0 Å². The van der Waals surface area contributed by atoms with E-state index in [1.54, 1.807) is 6.92 Å². The third kappa shape index (κ3) is 3.63. The molecule has 0 aromatic rings. The van der Waals surface area contributed by atoms with Crippen molar-refractivity contribution in [1.82, 2.24) is 0 Å². The van der Waals surface area contributed by atoms with Gasteiger partial charge in [0.2, 0.25) is 15.6 Å². The highest BCUT2D eigenvalue weighted by Crippen LogP contribution is 2.63. The summed E-state index contributed by atoms with van der Waals surface area (Å²) in [6.07, 6.45) is 0.507. The number of Topliss-reactive ketones (excluding diaryl/α,β-unsaturated/α-hetero) is 1. The second-order valence-corrected chi connectivity index (χ2v) is 12.5. The van der Waals surface area contributed by atoms with Crippen molar-refractivity contribution in [3.05, 3.63) is 0 Å².